The van der Waals surface area contributed by atoms with Crippen LogP contribution < -0.4 is 5.32 Å². The van der Waals surface area contributed by atoms with E-state index in [0.29, 0.717) is 23.3 Å². The van der Waals surface area contributed by atoms with E-state index in [0.717, 1.165) is 18.5 Å². The summed E-state index contributed by atoms with van der Waals surface area (Å²) in [4.78, 5) is 19.6. The van der Waals surface area contributed by atoms with Crippen molar-refractivity contribution in [1.29, 1.82) is 0 Å². The van der Waals surface area contributed by atoms with Crippen LogP contribution in [-0.4, -0.2) is 50.6 Å². The second kappa shape index (κ2) is 5.60. The maximum atomic E-state index is 12.8. The zero-order chi connectivity index (χ0) is 16.0. The standard InChI is InChI=1S/C17H23N5O/c1-11-15(16-18-7-4-8-22(16)20-11)17(23)19-12-9-13-5-3-6-14(10-12)21(13)2/h4,7-8,12-14H,3,5-6,9-10H2,1-2H3,(H,19,23). The molecule has 0 aromatic carbocycles. The first-order valence-corrected chi connectivity index (χ1v) is 8.46. The number of nitrogens with one attached hydrogen (secondary N) is 1. The molecule has 2 atom stereocenters. The molecule has 4 heterocycles. The Bertz CT molecular complexity index is 726. The van der Waals surface area contributed by atoms with Crippen molar-refractivity contribution in [2.45, 2.75) is 57.2 Å². The van der Waals surface area contributed by atoms with E-state index in [2.05, 4.69) is 27.3 Å². The van der Waals surface area contributed by atoms with Gasteiger partial charge in [0.2, 0.25) is 0 Å². The zero-order valence-electron chi connectivity index (χ0n) is 13.7. The number of aryl methyl sites for hydroxylation is 1. The highest BCUT2D eigenvalue weighted by atomic mass is 16.1. The maximum Gasteiger partial charge on any atom is 0.257 e. The van der Waals surface area contributed by atoms with Crippen molar-refractivity contribution >= 4 is 11.6 Å². The molecule has 0 aliphatic carbocycles. The highest BCUT2D eigenvalue weighted by Gasteiger charge is 2.36. The fraction of sp³-hybridized carbons (Fsp3) is 0.588. The van der Waals surface area contributed by atoms with Gasteiger partial charge in [-0.1, -0.05) is 6.42 Å². The van der Waals surface area contributed by atoms with Crippen LogP contribution in [0.1, 0.15) is 48.2 Å². The Labute approximate surface area is 135 Å². The van der Waals surface area contributed by atoms with Crippen LogP contribution in [0.15, 0.2) is 18.5 Å². The minimum Gasteiger partial charge on any atom is -0.349 e. The first kappa shape index (κ1) is 14.6. The van der Waals surface area contributed by atoms with E-state index in [1.54, 1.807) is 10.7 Å². The van der Waals surface area contributed by atoms with Gasteiger partial charge in [0.05, 0.1) is 5.69 Å². The van der Waals surface area contributed by atoms with Crippen molar-refractivity contribution < 1.29 is 4.79 Å². The van der Waals surface area contributed by atoms with Gasteiger partial charge in [0.25, 0.3) is 5.91 Å². The van der Waals surface area contributed by atoms with Crippen LogP contribution >= 0.6 is 0 Å². The van der Waals surface area contributed by atoms with Crippen LogP contribution in [0.4, 0.5) is 0 Å². The summed E-state index contributed by atoms with van der Waals surface area (Å²) >= 11 is 0. The van der Waals surface area contributed by atoms with Crippen molar-refractivity contribution in [3.05, 3.63) is 29.7 Å². The molecule has 23 heavy (non-hydrogen) atoms. The lowest BCUT2D eigenvalue weighted by Crippen LogP contribution is -2.55. The van der Waals surface area contributed by atoms with E-state index in [-0.39, 0.29) is 11.9 Å². The first-order valence-electron chi connectivity index (χ1n) is 8.46. The predicted molar refractivity (Wildman–Crippen MR) is 87.4 cm³/mol. The smallest absolute Gasteiger partial charge is 0.257 e. The number of aromatic nitrogens is 3. The topological polar surface area (TPSA) is 62.5 Å². The Hall–Kier alpha value is -1.95. The predicted octanol–water partition coefficient (Wildman–Crippen LogP) is 1.78. The van der Waals surface area contributed by atoms with Gasteiger partial charge in [-0.3, -0.25) is 4.79 Å². The third-order valence-electron chi connectivity index (χ3n) is 5.47. The van der Waals surface area contributed by atoms with Gasteiger partial charge in [-0.25, -0.2) is 9.50 Å². The quantitative estimate of drug-likeness (QED) is 0.918. The molecule has 2 fully saturated rings. The molecule has 2 aromatic heterocycles. The number of amides is 1. The third kappa shape index (κ3) is 2.51. The second-order valence-corrected chi connectivity index (χ2v) is 6.89. The number of rotatable bonds is 2. The summed E-state index contributed by atoms with van der Waals surface area (Å²) in [6.45, 7) is 1.87. The van der Waals surface area contributed by atoms with E-state index >= 15 is 0 Å². The number of carbonyl (C=O) groups is 1. The molecule has 122 valence electrons. The van der Waals surface area contributed by atoms with Gasteiger partial charge in [-0.05, 0) is 45.7 Å². The second-order valence-electron chi connectivity index (χ2n) is 6.89. The van der Waals surface area contributed by atoms with Crippen molar-refractivity contribution in [3.63, 3.8) is 0 Å². The Kier molecular flexibility index (Phi) is 3.56. The van der Waals surface area contributed by atoms with Gasteiger partial charge in [-0.15, -0.1) is 0 Å². The molecule has 2 bridgehead atoms. The summed E-state index contributed by atoms with van der Waals surface area (Å²) in [5, 5.41) is 7.63. The van der Waals surface area contributed by atoms with Gasteiger partial charge in [0.15, 0.2) is 5.65 Å². The first-order chi connectivity index (χ1) is 11.1. The van der Waals surface area contributed by atoms with Crippen LogP contribution in [0, 0.1) is 6.92 Å². The van der Waals surface area contributed by atoms with Crippen LogP contribution in [0.25, 0.3) is 5.65 Å². The van der Waals surface area contributed by atoms with Crippen LogP contribution in [0.2, 0.25) is 0 Å². The number of nitrogens with zero attached hydrogens (tertiary/aromatic N) is 4. The van der Waals surface area contributed by atoms with E-state index in [9.17, 15) is 4.79 Å². The highest BCUT2D eigenvalue weighted by molar-refractivity contribution is 6.01. The van der Waals surface area contributed by atoms with Crippen LogP contribution in [0.5, 0.6) is 0 Å². The molecule has 2 unspecified atom stereocenters. The Morgan fingerprint density at radius 2 is 2.04 bits per heavy atom. The molecule has 0 saturated carbocycles. The Morgan fingerprint density at radius 3 is 2.78 bits per heavy atom. The van der Waals surface area contributed by atoms with Crippen LogP contribution in [0.3, 0.4) is 0 Å². The summed E-state index contributed by atoms with van der Waals surface area (Å²) in [6, 6.07) is 3.29. The van der Waals surface area contributed by atoms with Gasteiger partial charge in [0, 0.05) is 30.5 Å². The van der Waals surface area contributed by atoms with Gasteiger partial charge in [-0.2, -0.15) is 5.10 Å². The van der Waals surface area contributed by atoms with Gasteiger partial charge < -0.3 is 10.2 Å². The van der Waals surface area contributed by atoms with Crippen molar-refractivity contribution in [2.24, 2.45) is 0 Å². The molecule has 2 aromatic rings. The maximum absolute atomic E-state index is 12.8. The van der Waals surface area contributed by atoms with E-state index in [1.165, 1.54) is 19.3 Å². The SMILES string of the molecule is Cc1nn2cccnc2c1C(=O)NC1CC2CCCC(C1)N2C. The van der Waals surface area contributed by atoms with E-state index in [4.69, 9.17) is 0 Å². The number of fused-ring (bicyclic) bond motifs is 3. The summed E-state index contributed by atoms with van der Waals surface area (Å²) in [5.74, 6) is -0.0381. The zero-order valence-corrected chi connectivity index (χ0v) is 13.7. The lowest BCUT2D eigenvalue weighted by Gasteiger charge is -2.47. The molecule has 2 aliphatic heterocycles. The molecule has 6 nitrogen and oxygen atoms in total. The number of hydrogen-bond donors (Lipinski definition) is 1. The normalized spacial score (nSPS) is 28.0. The monoisotopic (exact) mass is 313 g/mol. The largest absolute Gasteiger partial charge is 0.349 e. The molecule has 4 rings (SSSR count). The molecule has 1 N–H and O–H groups in total. The highest BCUT2D eigenvalue weighted by Crippen LogP contribution is 2.32. The van der Waals surface area contributed by atoms with Gasteiger partial charge >= 0.3 is 0 Å². The average molecular weight is 313 g/mol. The average Bonchev–Trinajstić information content (AvgIpc) is 2.84. The van der Waals surface area contributed by atoms with Crippen molar-refractivity contribution in [2.75, 3.05) is 7.05 Å². The summed E-state index contributed by atoms with van der Waals surface area (Å²) in [5.41, 5.74) is 1.97. The Balaban J connectivity index is 1.55. The Morgan fingerprint density at radius 1 is 1.30 bits per heavy atom. The molecular formula is C17H23N5O. The molecule has 1 amide bonds. The van der Waals surface area contributed by atoms with Gasteiger partial charge in [0.1, 0.15) is 5.56 Å². The molecule has 6 heteroatoms. The number of carbonyl (C=O) groups excluding carboxylic acids is 1. The van der Waals surface area contributed by atoms with Crippen molar-refractivity contribution in [1.82, 2.24) is 24.8 Å². The molecule has 2 aliphatic rings. The summed E-state index contributed by atoms with van der Waals surface area (Å²) < 4.78 is 1.67. The fourth-order valence-corrected chi connectivity index (χ4v) is 4.25. The van der Waals surface area contributed by atoms with Crippen LogP contribution in [-0.2, 0) is 0 Å². The molecular weight excluding hydrogens is 290 g/mol. The molecule has 0 spiro atoms. The lowest BCUT2D eigenvalue weighted by atomic mass is 9.82. The van der Waals surface area contributed by atoms with E-state index in [1.807, 2.05) is 19.2 Å². The third-order valence-corrected chi connectivity index (χ3v) is 5.47. The number of piperidine rings is 2. The molecule has 0 radical (unpaired) electrons. The minimum absolute atomic E-state index is 0.0381. The summed E-state index contributed by atoms with van der Waals surface area (Å²) in [7, 11) is 2.23. The minimum atomic E-state index is -0.0381. The summed E-state index contributed by atoms with van der Waals surface area (Å²) in [6.07, 6.45) is 9.43. The van der Waals surface area contributed by atoms with E-state index < -0.39 is 0 Å². The van der Waals surface area contributed by atoms with Crippen molar-refractivity contribution in [3.8, 4) is 0 Å². The molecule has 2 saturated heterocycles. The lowest BCUT2D eigenvalue weighted by molar-refractivity contribution is 0.0463. The fourth-order valence-electron chi connectivity index (χ4n) is 4.25. The number of hydrogen-bond acceptors (Lipinski definition) is 4.